The standard InChI is InChI=1S/C22H29N3O2/c1-16-19(17(2)25(23-16)18-8-4-3-5-9-18)14-21(27)24-13-7-12-22(15-24)11-6-10-20(22)26/h3-5,8-9,20,26H,6-7,10-15H2,1-2H3/t20-,22+/m1/s1. The van der Waals surface area contributed by atoms with E-state index in [9.17, 15) is 9.90 Å². The highest BCUT2D eigenvalue weighted by molar-refractivity contribution is 5.79. The number of nitrogens with zero attached hydrogens (tertiary/aromatic N) is 3. The van der Waals surface area contributed by atoms with Crippen molar-refractivity contribution in [3.8, 4) is 5.69 Å². The van der Waals surface area contributed by atoms with Gasteiger partial charge in [-0.25, -0.2) is 4.68 Å². The van der Waals surface area contributed by atoms with Crippen LogP contribution in [0.4, 0.5) is 0 Å². The maximum absolute atomic E-state index is 13.1. The Morgan fingerprint density at radius 1 is 1.22 bits per heavy atom. The molecule has 0 radical (unpaired) electrons. The van der Waals surface area contributed by atoms with Gasteiger partial charge in [-0.2, -0.15) is 5.10 Å². The minimum atomic E-state index is -0.252. The first kappa shape index (κ1) is 18.2. The zero-order valence-electron chi connectivity index (χ0n) is 16.3. The number of benzene rings is 1. The molecular formula is C22H29N3O2. The van der Waals surface area contributed by atoms with Crippen molar-refractivity contribution < 1.29 is 9.90 Å². The molecule has 0 bridgehead atoms. The summed E-state index contributed by atoms with van der Waals surface area (Å²) >= 11 is 0. The Balaban J connectivity index is 1.52. The van der Waals surface area contributed by atoms with Crippen LogP contribution in [0, 0.1) is 19.3 Å². The summed E-state index contributed by atoms with van der Waals surface area (Å²) in [6.07, 6.45) is 5.16. The molecule has 1 amide bonds. The summed E-state index contributed by atoms with van der Waals surface area (Å²) in [6, 6.07) is 10.0. The normalized spacial score (nSPS) is 25.3. The number of aliphatic hydroxyl groups is 1. The molecule has 0 unspecified atom stereocenters. The number of para-hydroxylation sites is 1. The molecule has 144 valence electrons. The predicted molar refractivity (Wildman–Crippen MR) is 105 cm³/mol. The van der Waals surface area contributed by atoms with E-state index in [0.29, 0.717) is 13.0 Å². The maximum atomic E-state index is 13.1. The minimum absolute atomic E-state index is 0.0633. The van der Waals surface area contributed by atoms with Crippen LogP contribution in [-0.2, 0) is 11.2 Å². The van der Waals surface area contributed by atoms with Crippen molar-refractivity contribution in [3.05, 3.63) is 47.3 Å². The highest BCUT2D eigenvalue weighted by Crippen LogP contribution is 2.45. The average molecular weight is 367 g/mol. The summed E-state index contributed by atoms with van der Waals surface area (Å²) in [5, 5.41) is 15.1. The fourth-order valence-corrected chi connectivity index (χ4v) is 4.98. The second-order valence-electron chi connectivity index (χ2n) is 8.26. The van der Waals surface area contributed by atoms with Crippen LogP contribution in [0.15, 0.2) is 30.3 Å². The number of hydrogen-bond acceptors (Lipinski definition) is 3. The van der Waals surface area contributed by atoms with Crippen molar-refractivity contribution in [2.75, 3.05) is 13.1 Å². The van der Waals surface area contributed by atoms with Crippen LogP contribution in [-0.4, -0.2) is 44.9 Å². The Hall–Kier alpha value is -2.14. The topological polar surface area (TPSA) is 58.4 Å². The van der Waals surface area contributed by atoms with Crippen molar-refractivity contribution in [1.82, 2.24) is 14.7 Å². The molecule has 1 spiro atoms. The number of carbonyl (C=O) groups is 1. The predicted octanol–water partition coefficient (Wildman–Crippen LogP) is 3.19. The summed E-state index contributed by atoms with van der Waals surface area (Å²) in [5.41, 5.74) is 3.92. The summed E-state index contributed by atoms with van der Waals surface area (Å²) in [7, 11) is 0. The van der Waals surface area contributed by atoms with Crippen molar-refractivity contribution >= 4 is 5.91 Å². The first-order valence-corrected chi connectivity index (χ1v) is 10.1. The van der Waals surface area contributed by atoms with Gasteiger partial charge in [0, 0.05) is 29.8 Å². The van der Waals surface area contributed by atoms with Gasteiger partial charge in [-0.15, -0.1) is 0 Å². The third-order valence-electron chi connectivity index (χ3n) is 6.59. The average Bonchev–Trinajstić information content (AvgIpc) is 3.16. The zero-order chi connectivity index (χ0) is 19.0. The Bertz CT molecular complexity index is 830. The van der Waals surface area contributed by atoms with Crippen LogP contribution < -0.4 is 0 Å². The van der Waals surface area contributed by atoms with Crippen LogP contribution in [0.2, 0.25) is 0 Å². The highest BCUT2D eigenvalue weighted by Gasteiger charge is 2.45. The molecule has 1 saturated heterocycles. The van der Waals surface area contributed by atoms with Gasteiger partial charge in [0.05, 0.1) is 23.9 Å². The molecule has 2 heterocycles. The molecule has 27 heavy (non-hydrogen) atoms. The Kier molecular flexibility index (Phi) is 4.81. The van der Waals surface area contributed by atoms with E-state index < -0.39 is 0 Å². The van der Waals surface area contributed by atoms with E-state index in [1.165, 1.54) is 0 Å². The van der Waals surface area contributed by atoms with E-state index in [4.69, 9.17) is 0 Å². The molecule has 2 atom stereocenters. The lowest BCUT2D eigenvalue weighted by Gasteiger charge is -2.42. The quantitative estimate of drug-likeness (QED) is 0.906. The third-order valence-corrected chi connectivity index (χ3v) is 6.59. The summed E-state index contributed by atoms with van der Waals surface area (Å²) < 4.78 is 1.93. The van der Waals surface area contributed by atoms with Crippen LogP contribution in [0.5, 0.6) is 0 Å². The van der Waals surface area contributed by atoms with E-state index in [2.05, 4.69) is 5.10 Å². The lowest BCUT2D eigenvalue weighted by Crippen LogP contribution is -2.49. The lowest BCUT2D eigenvalue weighted by molar-refractivity contribution is -0.135. The number of hydrogen-bond donors (Lipinski definition) is 1. The first-order chi connectivity index (χ1) is 13.0. The van der Waals surface area contributed by atoms with Crippen LogP contribution in [0.1, 0.15) is 49.1 Å². The van der Waals surface area contributed by atoms with E-state index in [-0.39, 0.29) is 17.4 Å². The largest absolute Gasteiger partial charge is 0.392 e. The summed E-state index contributed by atoms with van der Waals surface area (Å²) in [4.78, 5) is 15.1. The second-order valence-corrected chi connectivity index (χ2v) is 8.26. The molecule has 5 heteroatoms. The van der Waals surface area contributed by atoms with Crippen LogP contribution >= 0.6 is 0 Å². The molecule has 2 aliphatic rings. The maximum Gasteiger partial charge on any atom is 0.227 e. The zero-order valence-corrected chi connectivity index (χ0v) is 16.3. The molecule has 2 aromatic rings. The van der Waals surface area contributed by atoms with Gasteiger partial charge < -0.3 is 10.0 Å². The number of aliphatic hydroxyl groups excluding tert-OH is 1. The second kappa shape index (κ2) is 7.12. The lowest BCUT2D eigenvalue weighted by atomic mass is 9.76. The van der Waals surface area contributed by atoms with Crippen molar-refractivity contribution in [1.29, 1.82) is 0 Å². The molecule has 1 N–H and O–H groups in total. The highest BCUT2D eigenvalue weighted by atomic mass is 16.3. The first-order valence-electron chi connectivity index (χ1n) is 10.1. The third kappa shape index (κ3) is 3.29. The van der Waals surface area contributed by atoms with Crippen LogP contribution in [0.3, 0.4) is 0 Å². The Morgan fingerprint density at radius 3 is 2.67 bits per heavy atom. The van der Waals surface area contributed by atoms with Gasteiger partial charge in [0.15, 0.2) is 0 Å². The molecule has 2 fully saturated rings. The molecule has 5 nitrogen and oxygen atoms in total. The molecule has 1 aromatic heterocycles. The van der Waals surface area contributed by atoms with Crippen molar-refractivity contribution in [2.45, 2.75) is 58.5 Å². The van der Waals surface area contributed by atoms with Gasteiger partial charge in [0.25, 0.3) is 0 Å². The fraction of sp³-hybridized carbons (Fsp3) is 0.545. The Labute approximate surface area is 161 Å². The van der Waals surface area contributed by atoms with E-state index in [1.807, 2.05) is 53.8 Å². The van der Waals surface area contributed by atoms with E-state index >= 15 is 0 Å². The fourth-order valence-electron chi connectivity index (χ4n) is 4.98. The van der Waals surface area contributed by atoms with Gasteiger partial charge in [0.2, 0.25) is 5.91 Å². The molecule has 4 rings (SSSR count). The van der Waals surface area contributed by atoms with Gasteiger partial charge in [-0.3, -0.25) is 4.79 Å². The number of piperidine rings is 1. The van der Waals surface area contributed by atoms with E-state index in [0.717, 1.165) is 61.3 Å². The number of carbonyl (C=O) groups excluding carboxylic acids is 1. The van der Waals surface area contributed by atoms with E-state index in [1.54, 1.807) is 0 Å². The summed E-state index contributed by atoms with van der Waals surface area (Å²) in [5.74, 6) is 0.159. The number of likely N-dealkylation sites (tertiary alicyclic amines) is 1. The molecule has 1 aliphatic carbocycles. The number of amides is 1. The van der Waals surface area contributed by atoms with Gasteiger partial charge in [0.1, 0.15) is 0 Å². The van der Waals surface area contributed by atoms with Gasteiger partial charge in [-0.05, 0) is 51.7 Å². The molecule has 1 aromatic carbocycles. The molecule has 1 saturated carbocycles. The smallest absolute Gasteiger partial charge is 0.227 e. The minimum Gasteiger partial charge on any atom is -0.392 e. The summed E-state index contributed by atoms with van der Waals surface area (Å²) in [6.45, 7) is 5.53. The van der Waals surface area contributed by atoms with Crippen LogP contribution in [0.25, 0.3) is 5.69 Å². The number of rotatable bonds is 3. The SMILES string of the molecule is Cc1nn(-c2ccccc2)c(C)c1CC(=O)N1CCC[C@@]2(CCC[C@H]2O)C1. The molecular weight excluding hydrogens is 338 g/mol. The monoisotopic (exact) mass is 367 g/mol. The number of aromatic nitrogens is 2. The van der Waals surface area contributed by atoms with Crippen molar-refractivity contribution in [2.24, 2.45) is 5.41 Å². The van der Waals surface area contributed by atoms with Gasteiger partial charge in [-0.1, -0.05) is 24.6 Å². The van der Waals surface area contributed by atoms with Gasteiger partial charge >= 0.3 is 0 Å². The number of aryl methyl sites for hydroxylation is 1. The molecule has 1 aliphatic heterocycles. The Morgan fingerprint density at radius 2 is 1.96 bits per heavy atom. The van der Waals surface area contributed by atoms with Crippen molar-refractivity contribution in [3.63, 3.8) is 0 Å².